The second-order valence-electron chi connectivity index (χ2n) is 3.80. The molecule has 2 rings (SSSR count). The van der Waals surface area contributed by atoms with Crippen LogP contribution in [0.15, 0.2) is 30.5 Å². The minimum absolute atomic E-state index is 0.209. The fourth-order valence-corrected chi connectivity index (χ4v) is 2.29. The Kier molecular flexibility index (Phi) is 3.10. The highest BCUT2D eigenvalue weighted by atomic mass is 32.1. The maximum absolute atomic E-state index is 5.72. The average Bonchev–Trinajstić information content (AvgIpc) is 2.65. The van der Waals surface area contributed by atoms with Gasteiger partial charge in [0.05, 0.1) is 6.04 Å². The maximum Gasteiger partial charge on any atom is 0.115 e. The van der Waals surface area contributed by atoms with Crippen LogP contribution in [0.2, 0.25) is 0 Å². The van der Waals surface area contributed by atoms with Crippen LogP contribution in [0.5, 0.6) is 0 Å². The molecular weight excluding hydrogens is 218 g/mol. The van der Waals surface area contributed by atoms with Crippen LogP contribution in [-0.2, 0) is 0 Å². The number of aromatic nitrogens is 1. The summed E-state index contributed by atoms with van der Waals surface area (Å²) in [6, 6.07) is 7.96. The largest absolute Gasteiger partial charge is 0.399 e. The molecule has 3 nitrogen and oxygen atoms in total. The molecule has 0 radical (unpaired) electrons. The minimum Gasteiger partial charge on any atom is -0.399 e. The van der Waals surface area contributed by atoms with E-state index < -0.39 is 0 Å². The lowest BCUT2D eigenvalue weighted by atomic mass is 10.2. The van der Waals surface area contributed by atoms with Gasteiger partial charge in [0, 0.05) is 22.4 Å². The number of benzene rings is 1. The first kappa shape index (κ1) is 11.0. The van der Waals surface area contributed by atoms with Gasteiger partial charge in [-0.05, 0) is 32.0 Å². The highest BCUT2D eigenvalue weighted by Gasteiger charge is 2.08. The van der Waals surface area contributed by atoms with Gasteiger partial charge in [-0.3, -0.25) is 0 Å². The number of aryl methyl sites for hydroxylation is 1. The molecular formula is C12H15N3S. The normalized spacial score (nSPS) is 12.4. The second kappa shape index (κ2) is 4.53. The maximum atomic E-state index is 5.72. The molecule has 4 heteroatoms. The van der Waals surface area contributed by atoms with Crippen molar-refractivity contribution in [2.45, 2.75) is 19.9 Å². The smallest absolute Gasteiger partial charge is 0.115 e. The highest BCUT2D eigenvalue weighted by molar-refractivity contribution is 7.11. The van der Waals surface area contributed by atoms with Crippen molar-refractivity contribution in [3.63, 3.8) is 0 Å². The van der Waals surface area contributed by atoms with E-state index in [1.807, 2.05) is 30.5 Å². The van der Waals surface area contributed by atoms with E-state index in [-0.39, 0.29) is 6.04 Å². The van der Waals surface area contributed by atoms with Gasteiger partial charge in [0.15, 0.2) is 0 Å². The monoisotopic (exact) mass is 233 g/mol. The van der Waals surface area contributed by atoms with E-state index in [0.29, 0.717) is 0 Å². The van der Waals surface area contributed by atoms with Crippen LogP contribution in [0.3, 0.4) is 0 Å². The van der Waals surface area contributed by atoms with Crippen molar-refractivity contribution in [3.8, 4) is 0 Å². The number of nitrogens with zero attached hydrogens (tertiary/aromatic N) is 1. The van der Waals surface area contributed by atoms with Crippen molar-refractivity contribution in [1.82, 2.24) is 4.98 Å². The summed E-state index contributed by atoms with van der Waals surface area (Å²) >= 11 is 1.71. The molecule has 1 heterocycles. The lowest BCUT2D eigenvalue weighted by Gasteiger charge is -2.12. The molecule has 0 saturated carbocycles. The van der Waals surface area contributed by atoms with Gasteiger partial charge in [-0.2, -0.15) is 0 Å². The van der Waals surface area contributed by atoms with Crippen LogP contribution >= 0.6 is 11.3 Å². The summed E-state index contributed by atoms with van der Waals surface area (Å²) in [7, 11) is 0. The lowest BCUT2D eigenvalue weighted by Crippen LogP contribution is -2.06. The van der Waals surface area contributed by atoms with Crippen molar-refractivity contribution < 1.29 is 0 Å². The molecule has 1 unspecified atom stereocenters. The van der Waals surface area contributed by atoms with Crippen LogP contribution in [0.4, 0.5) is 11.4 Å². The molecule has 0 bridgehead atoms. The number of anilines is 2. The number of rotatable bonds is 3. The topological polar surface area (TPSA) is 50.9 Å². The Labute approximate surface area is 99.3 Å². The zero-order valence-electron chi connectivity index (χ0n) is 9.40. The predicted octanol–water partition coefficient (Wildman–Crippen LogP) is 3.21. The summed E-state index contributed by atoms with van der Waals surface area (Å²) < 4.78 is 0. The summed E-state index contributed by atoms with van der Waals surface area (Å²) in [5.41, 5.74) is 7.52. The molecule has 16 heavy (non-hydrogen) atoms. The van der Waals surface area contributed by atoms with Crippen molar-refractivity contribution in [2.24, 2.45) is 0 Å². The SMILES string of the molecule is Cc1cnc(C(C)Nc2cccc(N)c2)s1. The Balaban J connectivity index is 2.10. The van der Waals surface area contributed by atoms with Gasteiger partial charge in [-0.25, -0.2) is 4.98 Å². The Hall–Kier alpha value is -1.55. The van der Waals surface area contributed by atoms with E-state index in [1.165, 1.54) is 4.88 Å². The summed E-state index contributed by atoms with van der Waals surface area (Å²) in [6.45, 7) is 4.16. The number of nitrogens with one attached hydrogen (secondary N) is 1. The number of nitrogens with two attached hydrogens (primary N) is 1. The van der Waals surface area contributed by atoms with Crippen LogP contribution in [-0.4, -0.2) is 4.98 Å². The molecule has 0 aliphatic heterocycles. The number of thiazole rings is 1. The van der Waals surface area contributed by atoms with Gasteiger partial charge in [-0.15, -0.1) is 11.3 Å². The first-order valence-electron chi connectivity index (χ1n) is 5.19. The van der Waals surface area contributed by atoms with Gasteiger partial charge in [0.2, 0.25) is 0 Å². The van der Waals surface area contributed by atoms with Crippen LogP contribution < -0.4 is 11.1 Å². The second-order valence-corrected chi connectivity index (χ2v) is 5.07. The molecule has 0 saturated heterocycles. The first-order valence-corrected chi connectivity index (χ1v) is 6.01. The summed E-state index contributed by atoms with van der Waals surface area (Å²) in [5, 5.41) is 4.48. The molecule has 1 atom stereocenters. The quantitative estimate of drug-likeness (QED) is 0.800. The molecule has 0 amide bonds. The predicted molar refractivity (Wildman–Crippen MR) is 69.7 cm³/mol. The average molecular weight is 233 g/mol. The standard InChI is InChI=1S/C12H15N3S/c1-8-7-14-12(16-8)9(2)15-11-5-3-4-10(13)6-11/h3-7,9,15H,13H2,1-2H3. The fraction of sp³-hybridized carbons (Fsp3) is 0.250. The number of nitrogen functional groups attached to an aromatic ring is 1. The van der Waals surface area contributed by atoms with Gasteiger partial charge < -0.3 is 11.1 Å². The Bertz CT molecular complexity index is 479. The first-order chi connectivity index (χ1) is 7.65. The molecule has 3 N–H and O–H groups in total. The molecule has 1 aromatic heterocycles. The zero-order valence-corrected chi connectivity index (χ0v) is 10.2. The molecule has 0 aliphatic rings. The molecule has 0 spiro atoms. The van der Waals surface area contributed by atoms with Crippen molar-refractivity contribution >= 4 is 22.7 Å². The third-order valence-electron chi connectivity index (χ3n) is 2.28. The van der Waals surface area contributed by atoms with Gasteiger partial charge in [0.25, 0.3) is 0 Å². The molecule has 84 valence electrons. The third-order valence-corrected chi connectivity index (χ3v) is 3.37. The Morgan fingerprint density at radius 1 is 1.44 bits per heavy atom. The van der Waals surface area contributed by atoms with E-state index in [4.69, 9.17) is 5.73 Å². The summed E-state index contributed by atoms with van der Waals surface area (Å²) in [4.78, 5) is 5.59. The van der Waals surface area contributed by atoms with Crippen molar-refractivity contribution in [2.75, 3.05) is 11.1 Å². The van der Waals surface area contributed by atoms with Gasteiger partial charge in [-0.1, -0.05) is 6.07 Å². The molecule has 2 aromatic rings. The number of hydrogen-bond donors (Lipinski definition) is 2. The third kappa shape index (κ3) is 2.52. The van der Waals surface area contributed by atoms with E-state index >= 15 is 0 Å². The Morgan fingerprint density at radius 2 is 2.25 bits per heavy atom. The molecule has 0 fully saturated rings. The Morgan fingerprint density at radius 3 is 2.88 bits per heavy atom. The van der Waals surface area contributed by atoms with E-state index in [2.05, 4.69) is 24.1 Å². The van der Waals surface area contributed by atoms with Crippen LogP contribution in [0, 0.1) is 6.92 Å². The number of hydrogen-bond acceptors (Lipinski definition) is 4. The minimum atomic E-state index is 0.209. The highest BCUT2D eigenvalue weighted by Crippen LogP contribution is 2.23. The van der Waals surface area contributed by atoms with Gasteiger partial charge >= 0.3 is 0 Å². The van der Waals surface area contributed by atoms with E-state index in [9.17, 15) is 0 Å². The van der Waals surface area contributed by atoms with Crippen molar-refractivity contribution in [3.05, 3.63) is 40.3 Å². The van der Waals surface area contributed by atoms with E-state index in [1.54, 1.807) is 11.3 Å². The van der Waals surface area contributed by atoms with Crippen LogP contribution in [0.25, 0.3) is 0 Å². The lowest BCUT2D eigenvalue weighted by molar-refractivity contribution is 0.870. The zero-order chi connectivity index (χ0) is 11.5. The molecule has 1 aromatic carbocycles. The van der Waals surface area contributed by atoms with E-state index in [0.717, 1.165) is 16.4 Å². The fourth-order valence-electron chi connectivity index (χ4n) is 1.51. The van der Waals surface area contributed by atoms with Gasteiger partial charge in [0.1, 0.15) is 5.01 Å². The van der Waals surface area contributed by atoms with Crippen LogP contribution in [0.1, 0.15) is 22.9 Å². The van der Waals surface area contributed by atoms with Crippen molar-refractivity contribution in [1.29, 1.82) is 0 Å². The summed E-state index contributed by atoms with van der Waals surface area (Å²) in [5.74, 6) is 0. The molecule has 0 aliphatic carbocycles. The summed E-state index contributed by atoms with van der Waals surface area (Å²) in [6.07, 6.45) is 1.90.